The molecule has 4 heterocycles. The summed E-state index contributed by atoms with van der Waals surface area (Å²) in [4.78, 5) is 4.04. The molecule has 2 aromatic rings. The van der Waals surface area contributed by atoms with Gasteiger partial charge in [-0.05, 0) is 42.3 Å². The fraction of sp³-hybridized carbons (Fsp3) is 0.562. The van der Waals surface area contributed by atoms with Crippen LogP contribution in [0.4, 0.5) is 0 Å². The second-order valence-electron chi connectivity index (χ2n) is 5.98. The minimum Gasteiger partial charge on any atom is -0.369 e. The number of aromatic nitrogens is 2. The summed E-state index contributed by atoms with van der Waals surface area (Å²) in [5.41, 5.74) is 1.54. The molecule has 4 nitrogen and oxygen atoms in total. The van der Waals surface area contributed by atoms with Gasteiger partial charge in [0.1, 0.15) is 5.60 Å². The lowest BCUT2D eigenvalue weighted by Crippen LogP contribution is -2.46. The van der Waals surface area contributed by atoms with E-state index in [1.165, 1.54) is 10.4 Å². The molecule has 1 fully saturated rings. The normalized spacial score (nSPS) is 21.5. The third-order valence-electron chi connectivity index (χ3n) is 4.78. The fourth-order valence-corrected chi connectivity index (χ4v) is 4.71. The minimum atomic E-state index is 0.0178. The summed E-state index contributed by atoms with van der Waals surface area (Å²) in [7, 11) is 0. The van der Waals surface area contributed by atoms with Gasteiger partial charge in [-0.1, -0.05) is 0 Å². The van der Waals surface area contributed by atoms with E-state index in [0.717, 1.165) is 52.0 Å². The van der Waals surface area contributed by atoms with E-state index >= 15 is 0 Å². The van der Waals surface area contributed by atoms with Gasteiger partial charge in [-0.15, -0.1) is 11.3 Å². The van der Waals surface area contributed by atoms with Crippen molar-refractivity contribution in [2.24, 2.45) is 0 Å². The van der Waals surface area contributed by atoms with Crippen molar-refractivity contribution < 1.29 is 4.74 Å². The maximum absolute atomic E-state index is 6.26. The average molecular weight is 303 g/mol. The number of nitrogens with zero attached hydrogens (tertiary/aromatic N) is 3. The predicted molar refractivity (Wildman–Crippen MR) is 83.6 cm³/mol. The molecule has 0 unspecified atom stereocenters. The summed E-state index contributed by atoms with van der Waals surface area (Å²) in [5.74, 6) is 0. The van der Waals surface area contributed by atoms with E-state index in [-0.39, 0.29) is 5.60 Å². The molecule has 2 aliphatic heterocycles. The van der Waals surface area contributed by atoms with E-state index < -0.39 is 0 Å². The summed E-state index contributed by atoms with van der Waals surface area (Å²) in [6.45, 7) is 5.19. The van der Waals surface area contributed by atoms with E-state index in [9.17, 15) is 0 Å². The number of likely N-dealkylation sites (tertiary alicyclic amines) is 1. The summed E-state index contributed by atoms with van der Waals surface area (Å²) < 4.78 is 8.27. The highest BCUT2D eigenvalue weighted by Crippen LogP contribution is 2.44. The summed E-state index contributed by atoms with van der Waals surface area (Å²) >= 11 is 1.89. The highest BCUT2D eigenvalue weighted by molar-refractivity contribution is 7.10. The van der Waals surface area contributed by atoms with Crippen molar-refractivity contribution in [3.8, 4) is 0 Å². The smallest absolute Gasteiger partial charge is 0.105 e. The van der Waals surface area contributed by atoms with E-state index in [2.05, 4.69) is 21.4 Å². The van der Waals surface area contributed by atoms with Gasteiger partial charge in [-0.2, -0.15) is 5.10 Å². The molecular formula is C16H21N3OS. The number of ether oxygens (including phenoxy) is 1. The van der Waals surface area contributed by atoms with Gasteiger partial charge in [0.15, 0.2) is 0 Å². The van der Waals surface area contributed by atoms with E-state index in [1.807, 2.05) is 34.5 Å². The molecule has 112 valence electrons. The molecule has 0 aliphatic carbocycles. The van der Waals surface area contributed by atoms with Gasteiger partial charge in [0.05, 0.1) is 13.2 Å². The summed E-state index contributed by atoms with van der Waals surface area (Å²) in [5, 5.41) is 6.50. The van der Waals surface area contributed by atoms with Crippen LogP contribution in [0.1, 0.15) is 23.3 Å². The first-order chi connectivity index (χ1) is 10.4. The first kappa shape index (κ1) is 13.5. The molecule has 1 saturated heterocycles. The third kappa shape index (κ3) is 2.54. The maximum atomic E-state index is 6.26. The molecule has 2 aromatic heterocycles. The Morgan fingerprint density at radius 2 is 2.19 bits per heavy atom. The topological polar surface area (TPSA) is 30.3 Å². The summed E-state index contributed by atoms with van der Waals surface area (Å²) in [6, 6.07) is 4.27. The monoisotopic (exact) mass is 303 g/mol. The lowest BCUT2D eigenvalue weighted by molar-refractivity contribution is -0.0953. The maximum Gasteiger partial charge on any atom is 0.105 e. The van der Waals surface area contributed by atoms with Gasteiger partial charge in [0.2, 0.25) is 0 Å². The zero-order chi connectivity index (χ0) is 14.1. The van der Waals surface area contributed by atoms with Gasteiger partial charge in [0.25, 0.3) is 0 Å². The van der Waals surface area contributed by atoms with Crippen LogP contribution in [0.2, 0.25) is 0 Å². The Kier molecular flexibility index (Phi) is 3.57. The van der Waals surface area contributed by atoms with E-state index in [1.54, 1.807) is 0 Å². The quantitative estimate of drug-likeness (QED) is 0.873. The van der Waals surface area contributed by atoms with Crippen LogP contribution < -0.4 is 0 Å². The molecule has 0 amide bonds. The second kappa shape index (κ2) is 5.55. The van der Waals surface area contributed by atoms with Crippen LogP contribution in [-0.2, 0) is 23.3 Å². The molecule has 2 aliphatic rings. The fourth-order valence-electron chi connectivity index (χ4n) is 3.54. The molecule has 0 bridgehead atoms. The van der Waals surface area contributed by atoms with Crippen LogP contribution in [0.3, 0.4) is 0 Å². The van der Waals surface area contributed by atoms with Crippen molar-refractivity contribution in [1.29, 1.82) is 0 Å². The molecular weight excluding hydrogens is 282 g/mol. The highest BCUT2D eigenvalue weighted by Gasteiger charge is 2.41. The highest BCUT2D eigenvalue weighted by atomic mass is 32.1. The minimum absolute atomic E-state index is 0.0178. The Morgan fingerprint density at radius 1 is 1.29 bits per heavy atom. The predicted octanol–water partition coefficient (Wildman–Crippen LogP) is 2.51. The molecule has 0 N–H and O–H groups in total. The number of hydrogen-bond acceptors (Lipinski definition) is 4. The average Bonchev–Trinajstić information content (AvgIpc) is 3.19. The van der Waals surface area contributed by atoms with Crippen molar-refractivity contribution in [3.63, 3.8) is 0 Å². The second-order valence-corrected chi connectivity index (χ2v) is 6.89. The molecule has 4 rings (SSSR count). The molecule has 21 heavy (non-hydrogen) atoms. The standard InChI is InChI=1S/C16H21N3OS/c1-6-17-19(7-1)11-10-18-8-4-16(5-9-18)15-14(2-12-20-16)3-13-21-15/h1,3,6-7,13H,2,4-5,8-12H2. The molecule has 0 aromatic carbocycles. The van der Waals surface area contributed by atoms with Gasteiger partial charge in [-0.3, -0.25) is 4.68 Å². The lowest BCUT2D eigenvalue weighted by atomic mass is 9.85. The Labute approximate surface area is 129 Å². The number of thiophene rings is 1. The third-order valence-corrected chi connectivity index (χ3v) is 5.92. The zero-order valence-corrected chi connectivity index (χ0v) is 13.0. The van der Waals surface area contributed by atoms with Crippen molar-refractivity contribution in [3.05, 3.63) is 40.3 Å². The Morgan fingerprint density at radius 3 is 3.00 bits per heavy atom. The van der Waals surface area contributed by atoms with Crippen molar-refractivity contribution in [2.45, 2.75) is 31.4 Å². The number of rotatable bonds is 3. The number of fused-ring (bicyclic) bond motifs is 2. The van der Waals surface area contributed by atoms with Gasteiger partial charge >= 0.3 is 0 Å². The van der Waals surface area contributed by atoms with Crippen LogP contribution in [0.25, 0.3) is 0 Å². The van der Waals surface area contributed by atoms with Gasteiger partial charge in [0, 0.05) is 36.9 Å². The van der Waals surface area contributed by atoms with Crippen LogP contribution in [0.5, 0.6) is 0 Å². The van der Waals surface area contributed by atoms with Crippen LogP contribution in [0.15, 0.2) is 29.9 Å². The number of piperidine rings is 1. The Bertz CT molecular complexity index is 584. The van der Waals surface area contributed by atoms with Gasteiger partial charge < -0.3 is 9.64 Å². The Hall–Kier alpha value is -1.17. The van der Waals surface area contributed by atoms with Crippen LogP contribution >= 0.6 is 11.3 Å². The zero-order valence-electron chi connectivity index (χ0n) is 12.2. The molecule has 0 saturated carbocycles. The SMILES string of the molecule is c1cnn(CCN2CCC3(CC2)OCCc2ccsc23)c1. The molecule has 0 atom stereocenters. The first-order valence-corrected chi connectivity index (χ1v) is 8.64. The van der Waals surface area contributed by atoms with Crippen molar-refractivity contribution in [2.75, 3.05) is 26.2 Å². The number of hydrogen-bond donors (Lipinski definition) is 0. The lowest BCUT2D eigenvalue weighted by Gasteiger charge is -2.43. The van der Waals surface area contributed by atoms with E-state index in [4.69, 9.17) is 4.74 Å². The van der Waals surface area contributed by atoms with Crippen molar-refractivity contribution in [1.82, 2.24) is 14.7 Å². The first-order valence-electron chi connectivity index (χ1n) is 7.76. The summed E-state index contributed by atoms with van der Waals surface area (Å²) in [6.07, 6.45) is 7.22. The molecule has 0 radical (unpaired) electrons. The molecule has 5 heteroatoms. The van der Waals surface area contributed by atoms with Crippen LogP contribution in [0, 0.1) is 0 Å². The van der Waals surface area contributed by atoms with Crippen LogP contribution in [-0.4, -0.2) is 40.9 Å². The largest absolute Gasteiger partial charge is 0.369 e. The van der Waals surface area contributed by atoms with Crippen molar-refractivity contribution >= 4 is 11.3 Å². The molecule has 1 spiro atoms. The van der Waals surface area contributed by atoms with Gasteiger partial charge in [-0.25, -0.2) is 0 Å². The van der Waals surface area contributed by atoms with E-state index in [0.29, 0.717) is 0 Å². The Balaban J connectivity index is 1.39.